The van der Waals surface area contributed by atoms with Crippen molar-refractivity contribution in [3.05, 3.63) is 71.3 Å². The van der Waals surface area contributed by atoms with Crippen LogP contribution in [0.25, 0.3) is 5.69 Å². The number of nitrogens with one attached hydrogen (secondary N) is 1. The molecule has 2 heterocycles. The largest absolute Gasteiger partial charge is 0.346 e. The Labute approximate surface area is 134 Å². The zero-order valence-corrected chi connectivity index (χ0v) is 13.0. The van der Waals surface area contributed by atoms with Crippen LogP contribution in [0.1, 0.15) is 27.2 Å². The normalized spacial score (nSPS) is 10.5. The lowest BCUT2D eigenvalue weighted by molar-refractivity contribution is 0.0950. The molecule has 116 valence electrons. The van der Waals surface area contributed by atoms with Crippen molar-refractivity contribution in [3.8, 4) is 5.69 Å². The van der Waals surface area contributed by atoms with E-state index in [4.69, 9.17) is 0 Å². The Morgan fingerprint density at radius 2 is 2.09 bits per heavy atom. The molecule has 0 unspecified atom stereocenters. The Balaban J connectivity index is 1.65. The first kappa shape index (κ1) is 14.9. The van der Waals surface area contributed by atoms with E-state index in [-0.39, 0.29) is 5.91 Å². The topological polar surface area (TPSA) is 72.7 Å². The second-order valence-electron chi connectivity index (χ2n) is 5.35. The standard InChI is InChI=1S/C17H17N5O/c1-12-5-6-14(8-13(12)2)17(23)19-9-15-11-22(21-20-15)16-4-3-7-18-10-16/h3-8,10-11H,9H2,1-2H3,(H,19,23). The number of amides is 1. The van der Waals surface area contributed by atoms with Gasteiger partial charge in [-0.3, -0.25) is 9.78 Å². The zero-order chi connectivity index (χ0) is 16.2. The van der Waals surface area contributed by atoms with Crippen LogP contribution in [-0.2, 0) is 6.54 Å². The fourth-order valence-electron chi connectivity index (χ4n) is 2.15. The summed E-state index contributed by atoms with van der Waals surface area (Å²) in [7, 11) is 0. The number of hydrogen-bond donors (Lipinski definition) is 1. The summed E-state index contributed by atoms with van der Waals surface area (Å²) in [5, 5.41) is 11.0. The molecule has 1 aromatic carbocycles. The number of aromatic nitrogens is 4. The summed E-state index contributed by atoms with van der Waals surface area (Å²) in [6, 6.07) is 9.38. The van der Waals surface area contributed by atoms with Crippen molar-refractivity contribution in [3.63, 3.8) is 0 Å². The van der Waals surface area contributed by atoms with Gasteiger partial charge in [-0.05, 0) is 49.2 Å². The van der Waals surface area contributed by atoms with Gasteiger partial charge in [0.15, 0.2) is 0 Å². The molecule has 0 aliphatic rings. The maximum absolute atomic E-state index is 12.2. The highest BCUT2D eigenvalue weighted by molar-refractivity contribution is 5.94. The second kappa shape index (κ2) is 6.39. The van der Waals surface area contributed by atoms with Gasteiger partial charge in [0.1, 0.15) is 5.69 Å². The number of benzene rings is 1. The molecule has 2 aromatic heterocycles. The van der Waals surface area contributed by atoms with Crippen molar-refractivity contribution in [1.82, 2.24) is 25.3 Å². The molecule has 6 nitrogen and oxygen atoms in total. The van der Waals surface area contributed by atoms with Gasteiger partial charge >= 0.3 is 0 Å². The van der Waals surface area contributed by atoms with Crippen molar-refractivity contribution in [1.29, 1.82) is 0 Å². The molecule has 0 saturated carbocycles. The zero-order valence-electron chi connectivity index (χ0n) is 13.0. The predicted octanol–water partition coefficient (Wildman–Crippen LogP) is 2.21. The van der Waals surface area contributed by atoms with Gasteiger partial charge < -0.3 is 5.32 Å². The lowest BCUT2D eigenvalue weighted by Crippen LogP contribution is -2.23. The molecule has 0 fully saturated rings. The third-order valence-electron chi connectivity index (χ3n) is 3.65. The Morgan fingerprint density at radius 3 is 2.83 bits per heavy atom. The molecule has 0 bridgehead atoms. The van der Waals surface area contributed by atoms with Crippen LogP contribution >= 0.6 is 0 Å². The number of aryl methyl sites for hydroxylation is 2. The summed E-state index contributed by atoms with van der Waals surface area (Å²) >= 11 is 0. The van der Waals surface area contributed by atoms with E-state index in [2.05, 4.69) is 20.6 Å². The van der Waals surface area contributed by atoms with E-state index in [9.17, 15) is 4.79 Å². The van der Waals surface area contributed by atoms with E-state index in [0.717, 1.165) is 11.3 Å². The second-order valence-corrected chi connectivity index (χ2v) is 5.35. The molecule has 0 radical (unpaired) electrons. The van der Waals surface area contributed by atoms with Crippen LogP contribution in [0.4, 0.5) is 0 Å². The quantitative estimate of drug-likeness (QED) is 0.802. The van der Waals surface area contributed by atoms with Gasteiger partial charge in [-0.25, -0.2) is 4.68 Å². The third kappa shape index (κ3) is 3.42. The number of hydrogen-bond acceptors (Lipinski definition) is 4. The lowest BCUT2D eigenvalue weighted by atomic mass is 10.1. The van der Waals surface area contributed by atoms with Crippen LogP contribution in [0.2, 0.25) is 0 Å². The molecular weight excluding hydrogens is 290 g/mol. The molecule has 23 heavy (non-hydrogen) atoms. The van der Waals surface area contributed by atoms with Crippen LogP contribution in [0.3, 0.4) is 0 Å². The van der Waals surface area contributed by atoms with Gasteiger partial charge in [0, 0.05) is 11.8 Å². The molecule has 3 rings (SSSR count). The Bertz CT molecular complexity index is 826. The monoisotopic (exact) mass is 307 g/mol. The highest BCUT2D eigenvalue weighted by atomic mass is 16.1. The number of carbonyl (C=O) groups is 1. The Morgan fingerprint density at radius 1 is 1.22 bits per heavy atom. The van der Waals surface area contributed by atoms with Gasteiger partial charge in [-0.1, -0.05) is 11.3 Å². The fraction of sp³-hybridized carbons (Fsp3) is 0.176. The minimum atomic E-state index is -0.121. The van der Waals surface area contributed by atoms with E-state index < -0.39 is 0 Å². The van der Waals surface area contributed by atoms with E-state index in [1.165, 1.54) is 5.56 Å². The van der Waals surface area contributed by atoms with Crippen molar-refractivity contribution in [2.45, 2.75) is 20.4 Å². The highest BCUT2D eigenvalue weighted by Crippen LogP contribution is 2.10. The van der Waals surface area contributed by atoms with E-state index in [0.29, 0.717) is 17.8 Å². The Kier molecular flexibility index (Phi) is 4.14. The van der Waals surface area contributed by atoms with Crippen LogP contribution in [0.5, 0.6) is 0 Å². The maximum atomic E-state index is 12.2. The van der Waals surface area contributed by atoms with Crippen molar-refractivity contribution >= 4 is 5.91 Å². The summed E-state index contributed by atoms with van der Waals surface area (Å²) in [6.07, 6.45) is 5.18. The summed E-state index contributed by atoms with van der Waals surface area (Å²) in [6.45, 7) is 4.34. The summed E-state index contributed by atoms with van der Waals surface area (Å²) in [5.41, 5.74) is 4.42. The fourth-order valence-corrected chi connectivity index (χ4v) is 2.15. The predicted molar refractivity (Wildman–Crippen MR) is 86.2 cm³/mol. The van der Waals surface area contributed by atoms with Crippen molar-refractivity contribution < 1.29 is 4.79 Å². The van der Waals surface area contributed by atoms with Crippen molar-refractivity contribution in [2.24, 2.45) is 0 Å². The molecule has 6 heteroatoms. The van der Waals surface area contributed by atoms with Gasteiger partial charge in [-0.15, -0.1) is 5.10 Å². The first-order valence-corrected chi connectivity index (χ1v) is 7.30. The lowest BCUT2D eigenvalue weighted by Gasteiger charge is -2.05. The average Bonchev–Trinajstić information content (AvgIpc) is 3.05. The van der Waals surface area contributed by atoms with Gasteiger partial charge in [-0.2, -0.15) is 0 Å². The van der Waals surface area contributed by atoms with Crippen LogP contribution < -0.4 is 5.32 Å². The number of nitrogens with zero attached hydrogens (tertiary/aromatic N) is 4. The molecule has 3 aromatic rings. The molecular formula is C17H17N5O. The number of rotatable bonds is 4. The minimum Gasteiger partial charge on any atom is -0.346 e. The SMILES string of the molecule is Cc1ccc(C(=O)NCc2cn(-c3cccnc3)nn2)cc1C. The molecule has 0 aliphatic heterocycles. The van der Waals surface area contributed by atoms with E-state index >= 15 is 0 Å². The summed E-state index contributed by atoms with van der Waals surface area (Å²) in [5.74, 6) is -0.121. The van der Waals surface area contributed by atoms with Gasteiger partial charge in [0.05, 0.1) is 24.6 Å². The first-order valence-electron chi connectivity index (χ1n) is 7.30. The molecule has 1 N–H and O–H groups in total. The minimum absolute atomic E-state index is 0.121. The number of pyridine rings is 1. The van der Waals surface area contributed by atoms with Crippen LogP contribution in [-0.4, -0.2) is 25.9 Å². The van der Waals surface area contributed by atoms with E-state index in [1.54, 1.807) is 23.3 Å². The van der Waals surface area contributed by atoms with E-state index in [1.807, 2.05) is 44.2 Å². The Hall–Kier alpha value is -3.02. The number of carbonyl (C=O) groups excluding carboxylic acids is 1. The van der Waals surface area contributed by atoms with Crippen LogP contribution in [0.15, 0.2) is 48.9 Å². The highest BCUT2D eigenvalue weighted by Gasteiger charge is 2.08. The van der Waals surface area contributed by atoms with Crippen LogP contribution in [0, 0.1) is 13.8 Å². The average molecular weight is 307 g/mol. The molecule has 0 spiro atoms. The van der Waals surface area contributed by atoms with Gasteiger partial charge in [0.2, 0.25) is 0 Å². The summed E-state index contributed by atoms with van der Waals surface area (Å²) < 4.78 is 1.63. The molecule has 1 amide bonds. The molecule has 0 saturated heterocycles. The first-order chi connectivity index (χ1) is 11.1. The maximum Gasteiger partial charge on any atom is 0.251 e. The summed E-state index contributed by atoms with van der Waals surface area (Å²) in [4.78, 5) is 16.2. The molecule has 0 atom stereocenters. The van der Waals surface area contributed by atoms with Crippen molar-refractivity contribution in [2.75, 3.05) is 0 Å². The molecule has 0 aliphatic carbocycles. The third-order valence-corrected chi connectivity index (χ3v) is 3.65. The van der Waals surface area contributed by atoms with Gasteiger partial charge in [0.25, 0.3) is 5.91 Å². The smallest absolute Gasteiger partial charge is 0.251 e.